The standard InChI is InChI=1S/C35H40S3Si/c1-25(2)36-30-19-11-14-22-33(30)39(28(7)29-17-9-8-10-18-29,34-23-15-12-20-31(34)37-26(3)4)35-24-16-13-21-32(35)38-27(5)6/h8-27H,7H2,1-6H3. The van der Waals surface area contributed by atoms with Gasteiger partial charge in [-0.05, 0) is 44.5 Å². The Morgan fingerprint density at radius 2 is 0.795 bits per heavy atom. The first-order valence-electron chi connectivity index (χ1n) is 13.8. The Balaban J connectivity index is 2.22. The van der Waals surface area contributed by atoms with E-state index < -0.39 is 8.07 Å². The molecule has 0 nitrogen and oxygen atoms in total. The quantitative estimate of drug-likeness (QED) is 0.0981. The zero-order valence-electron chi connectivity index (χ0n) is 24.0. The maximum atomic E-state index is 5.02. The Kier molecular flexibility index (Phi) is 10.3. The van der Waals surface area contributed by atoms with Crippen LogP contribution in [-0.2, 0) is 0 Å². The summed E-state index contributed by atoms with van der Waals surface area (Å²) in [5.41, 5.74) is 1.22. The predicted molar refractivity (Wildman–Crippen MR) is 182 cm³/mol. The molecule has 0 N–H and O–H groups in total. The molecule has 202 valence electrons. The van der Waals surface area contributed by atoms with Gasteiger partial charge in [-0.1, -0.05) is 133 Å². The van der Waals surface area contributed by atoms with Crippen LogP contribution in [0.5, 0.6) is 0 Å². The lowest BCUT2D eigenvalue weighted by molar-refractivity contribution is 1.11. The topological polar surface area (TPSA) is 0 Å². The molecule has 0 aliphatic heterocycles. The number of rotatable bonds is 11. The highest BCUT2D eigenvalue weighted by molar-refractivity contribution is 8.01. The van der Waals surface area contributed by atoms with Crippen LogP contribution in [-0.4, -0.2) is 23.8 Å². The van der Waals surface area contributed by atoms with Gasteiger partial charge in [-0.3, -0.25) is 0 Å². The molecular formula is C35H40S3Si. The molecule has 4 heteroatoms. The smallest absolute Gasteiger partial charge is 0.123 e. The second kappa shape index (κ2) is 13.5. The minimum Gasteiger partial charge on any atom is -0.123 e. The van der Waals surface area contributed by atoms with E-state index in [1.54, 1.807) is 0 Å². The molecule has 4 rings (SSSR count). The normalized spacial score (nSPS) is 11.9. The van der Waals surface area contributed by atoms with E-state index in [1.165, 1.54) is 41.0 Å². The largest absolute Gasteiger partial charge is 0.182 e. The van der Waals surface area contributed by atoms with E-state index in [2.05, 4.69) is 145 Å². The van der Waals surface area contributed by atoms with Crippen LogP contribution in [0.1, 0.15) is 47.1 Å². The SMILES string of the molecule is C=C(c1ccccc1)[Si](c1ccccc1SC(C)C)(c1ccccc1SC(C)C)c1ccccc1SC(C)C. The summed E-state index contributed by atoms with van der Waals surface area (Å²) in [5, 5.41) is 6.98. The molecule has 39 heavy (non-hydrogen) atoms. The number of benzene rings is 4. The minimum atomic E-state index is -2.86. The van der Waals surface area contributed by atoms with E-state index in [0.29, 0.717) is 15.7 Å². The van der Waals surface area contributed by atoms with Crippen molar-refractivity contribution in [2.45, 2.75) is 72.0 Å². The molecular weight excluding hydrogens is 545 g/mol. The minimum absolute atomic E-state index is 0.475. The molecule has 0 spiro atoms. The second-order valence-corrected chi connectivity index (χ2v) is 19.2. The summed E-state index contributed by atoms with van der Waals surface area (Å²) in [5.74, 6) is 0. The molecule has 0 unspecified atom stereocenters. The van der Waals surface area contributed by atoms with Crippen molar-refractivity contribution in [2.24, 2.45) is 0 Å². The van der Waals surface area contributed by atoms with Gasteiger partial charge in [0.15, 0.2) is 8.07 Å². The van der Waals surface area contributed by atoms with Crippen molar-refractivity contribution in [2.75, 3.05) is 0 Å². The third kappa shape index (κ3) is 6.62. The first kappa shape index (κ1) is 29.9. The summed E-state index contributed by atoms with van der Waals surface area (Å²) in [6, 6.07) is 38.4. The third-order valence-corrected chi connectivity index (χ3v) is 15.2. The lowest BCUT2D eigenvalue weighted by Crippen LogP contribution is -2.69. The summed E-state index contributed by atoms with van der Waals surface area (Å²) in [7, 11) is -2.86. The number of thioether (sulfide) groups is 3. The Labute approximate surface area is 250 Å². The van der Waals surface area contributed by atoms with Crippen LogP contribution in [0.25, 0.3) is 5.20 Å². The lowest BCUT2D eigenvalue weighted by Gasteiger charge is -2.39. The summed E-state index contributed by atoms with van der Waals surface area (Å²) in [6.07, 6.45) is 0. The Morgan fingerprint density at radius 3 is 1.13 bits per heavy atom. The van der Waals surface area contributed by atoms with Gasteiger partial charge in [0.25, 0.3) is 0 Å². The molecule has 0 aliphatic rings. The van der Waals surface area contributed by atoms with Gasteiger partial charge >= 0.3 is 0 Å². The highest BCUT2D eigenvalue weighted by Crippen LogP contribution is 2.35. The summed E-state index contributed by atoms with van der Waals surface area (Å²) >= 11 is 5.92. The van der Waals surface area contributed by atoms with Crippen molar-refractivity contribution in [1.29, 1.82) is 0 Å². The molecule has 0 fully saturated rings. The van der Waals surface area contributed by atoms with Gasteiger partial charge in [0.05, 0.1) is 0 Å². The van der Waals surface area contributed by atoms with Crippen molar-refractivity contribution >= 4 is 64.1 Å². The Morgan fingerprint density at radius 1 is 0.487 bits per heavy atom. The molecule has 0 saturated heterocycles. The fraction of sp³-hybridized carbons (Fsp3) is 0.257. The summed E-state index contributed by atoms with van der Waals surface area (Å²) in [6.45, 7) is 18.8. The van der Waals surface area contributed by atoms with Crippen LogP contribution in [0.2, 0.25) is 0 Å². The van der Waals surface area contributed by atoms with E-state index in [0.717, 1.165) is 0 Å². The van der Waals surface area contributed by atoms with E-state index in [4.69, 9.17) is 6.58 Å². The monoisotopic (exact) mass is 584 g/mol. The van der Waals surface area contributed by atoms with Crippen LogP contribution in [0.3, 0.4) is 0 Å². The molecule has 4 aromatic carbocycles. The molecule has 0 aliphatic carbocycles. The van der Waals surface area contributed by atoms with E-state index >= 15 is 0 Å². The maximum absolute atomic E-state index is 5.02. The highest BCUT2D eigenvalue weighted by Gasteiger charge is 2.47. The van der Waals surface area contributed by atoms with Gasteiger partial charge in [0, 0.05) is 30.4 Å². The van der Waals surface area contributed by atoms with E-state index in [9.17, 15) is 0 Å². The van der Waals surface area contributed by atoms with Crippen molar-refractivity contribution in [3.05, 3.63) is 115 Å². The Bertz CT molecular complexity index is 1260. The number of hydrogen-bond acceptors (Lipinski definition) is 3. The average Bonchev–Trinajstić information content (AvgIpc) is 2.91. The fourth-order valence-corrected chi connectivity index (χ4v) is 14.5. The maximum Gasteiger partial charge on any atom is 0.182 e. The van der Waals surface area contributed by atoms with Gasteiger partial charge in [0.2, 0.25) is 0 Å². The van der Waals surface area contributed by atoms with Gasteiger partial charge in [-0.25, -0.2) is 0 Å². The molecule has 0 amide bonds. The molecule has 0 heterocycles. The van der Waals surface area contributed by atoms with E-state index in [1.807, 2.05) is 35.3 Å². The zero-order chi connectivity index (χ0) is 28.0. The first-order chi connectivity index (χ1) is 18.7. The summed E-state index contributed by atoms with van der Waals surface area (Å²) in [4.78, 5) is 4.10. The van der Waals surface area contributed by atoms with Crippen LogP contribution in [0.15, 0.2) is 124 Å². The summed E-state index contributed by atoms with van der Waals surface area (Å²) < 4.78 is 0. The van der Waals surface area contributed by atoms with Crippen molar-refractivity contribution in [1.82, 2.24) is 0 Å². The molecule has 0 aromatic heterocycles. The molecule has 0 bridgehead atoms. The molecule has 0 saturated carbocycles. The Hall–Kier alpha value is -2.11. The van der Waals surface area contributed by atoms with Gasteiger partial charge < -0.3 is 0 Å². The van der Waals surface area contributed by atoms with Gasteiger partial charge in [-0.2, -0.15) is 0 Å². The van der Waals surface area contributed by atoms with Crippen molar-refractivity contribution < 1.29 is 0 Å². The molecule has 4 aromatic rings. The highest BCUT2D eigenvalue weighted by atomic mass is 32.2. The molecule has 0 radical (unpaired) electrons. The third-order valence-electron chi connectivity index (χ3n) is 6.54. The molecule has 0 atom stereocenters. The van der Waals surface area contributed by atoms with Gasteiger partial charge in [-0.15, -0.1) is 35.3 Å². The van der Waals surface area contributed by atoms with Crippen LogP contribution < -0.4 is 15.6 Å². The van der Waals surface area contributed by atoms with Crippen molar-refractivity contribution in [3.8, 4) is 0 Å². The van der Waals surface area contributed by atoms with Crippen LogP contribution in [0, 0.1) is 0 Å². The fourth-order valence-electron chi connectivity index (χ4n) is 5.18. The van der Waals surface area contributed by atoms with Gasteiger partial charge in [0.1, 0.15) is 0 Å². The first-order valence-corrected chi connectivity index (χ1v) is 18.4. The number of hydrogen-bond donors (Lipinski definition) is 0. The van der Waals surface area contributed by atoms with E-state index in [-0.39, 0.29) is 0 Å². The predicted octanol–water partition coefficient (Wildman–Crippen LogP) is 8.91. The average molecular weight is 585 g/mol. The lowest BCUT2D eigenvalue weighted by atomic mass is 10.2. The van der Waals surface area contributed by atoms with Crippen LogP contribution >= 0.6 is 35.3 Å². The van der Waals surface area contributed by atoms with Crippen LogP contribution in [0.4, 0.5) is 0 Å². The second-order valence-electron chi connectivity index (χ2n) is 10.6. The zero-order valence-corrected chi connectivity index (χ0v) is 27.4. The van der Waals surface area contributed by atoms with Crippen molar-refractivity contribution in [3.63, 3.8) is 0 Å².